The number of nitrogens with zero attached hydrogens (tertiary/aromatic N) is 4. The molecular formula is C29H26ClN5O4S. The highest BCUT2D eigenvalue weighted by molar-refractivity contribution is 7.16. The van der Waals surface area contributed by atoms with E-state index in [4.69, 9.17) is 16.1 Å². The predicted molar refractivity (Wildman–Crippen MR) is 155 cm³/mol. The number of halogens is 1. The van der Waals surface area contributed by atoms with Crippen molar-refractivity contribution in [2.75, 3.05) is 5.32 Å². The smallest absolute Gasteiger partial charge is 0.259 e. The summed E-state index contributed by atoms with van der Waals surface area (Å²) < 4.78 is 8.14. The van der Waals surface area contributed by atoms with Crippen LogP contribution >= 0.6 is 22.9 Å². The van der Waals surface area contributed by atoms with Gasteiger partial charge in [0.15, 0.2) is 5.78 Å². The zero-order valence-electron chi connectivity index (χ0n) is 22.1. The van der Waals surface area contributed by atoms with Crippen LogP contribution in [0, 0.1) is 5.41 Å². The first-order chi connectivity index (χ1) is 19.1. The summed E-state index contributed by atoms with van der Waals surface area (Å²) in [6, 6.07) is 16.4. The third-order valence-corrected chi connectivity index (χ3v) is 7.42. The number of carbonyl (C=O) groups excluding carboxylic acids is 2. The number of carbonyl (C=O) groups is 2. The van der Waals surface area contributed by atoms with Gasteiger partial charge in [-0.1, -0.05) is 67.9 Å². The summed E-state index contributed by atoms with van der Waals surface area (Å²) >= 11 is 7.53. The lowest BCUT2D eigenvalue weighted by Crippen LogP contribution is -2.29. The van der Waals surface area contributed by atoms with Crippen LogP contribution in [0.15, 0.2) is 82.6 Å². The number of rotatable bonds is 8. The zero-order chi connectivity index (χ0) is 28.4. The second-order valence-corrected chi connectivity index (χ2v) is 12.0. The molecule has 0 saturated carbocycles. The van der Waals surface area contributed by atoms with E-state index in [0.29, 0.717) is 39.1 Å². The molecule has 1 aromatic carbocycles. The normalized spacial score (nSPS) is 11.5. The van der Waals surface area contributed by atoms with Crippen LogP contribution in [0.3, 0.4) is 0 Å². The molecule has 11 heteroatoms. The van der Waals surface area contributed by atoms with Crippen molar-refractivity contribution in [3.05, 3.63) is 98.4 Å². The number of thiophene rings is 1. The Kier molecular flexibility index (Phi) is 7.55. The lowest BCUT2D eigenvalue weighted by atomic mass is 9.96. The third kappa shape index (κ3) is 5.68. The van der Waals surface area contributed by atoms with E-state index in [-0.39, 0.29) is 29.4 Å². The molecule has 4 aromatic heterocycles. The molecule has 0 aliphatic rings. The molecule has 0 radical (unpaired) electrons. The van der Waals surface area contributed by atoms with Gasteiger partial charge in [0.25, 0.3) is 11.5 Å². The van der Waals surface area contributed by atoms with E-state index in [1.165, 1.54) is 33.0 Å². The standard InChI is InChI=1S/C29H26ClN5O4S/c1-29(2,3)28(38)35-25(31-15-20-9-10-24(30)40-20)13-22(33-35)21-11-12-34(16-23(36)19-14-32-39-17-19)27(37)26(21)18-7-5-4-6-8-18/h4-14,17,31H,15-16H2,1-3H3. The number of anilines is 1. The second kappa shape index (κ2) is 11.1. The summed E-state index contributed by atoms with van der Waals surface area (Å²) in [5.74, 6) is -0.0278. The Hall–Kier alpha value is -4.28. The van der Waals surface area contributed by atoms with Gasteiger partial charge in [-0.2, -0.15) is 9.78 Å². The van der Waals surface area contributed by atoms with Crippen molar-refractivity contribution in [3.8, 4) is 22.4 Å². The van der Waals surface area contributed by atoms with Crippen molar-refractivity contribution >= 4 is 40.4 Å². The lowest BCUT2D eigenvalue weighted by molar-refractivity contribution is 0.0752. The fraction of sp³-hybridized carbons (Fsp3) is 0.207. The molecule has 0 aliphatic carbocycles. The van der Waals surface area contributed by atoms with Crippen molar-refractivity contribution in [2.24, 2.45) is 5.41 Å². The Morgan fingerprint density at radius 2 is 1.88 bits per heavy atom. The Morgan fingerprint density at radius 1 is 1.10 bits per heavy atom. The van der Waals surface area contributed by atoms with Gasteiger partial charge in [0, 0.05) is 28.1 Å². The highest BCUT2D eigenvalue weighted by Gasteiger charge is 2.28. The summed E-state index contributed by atoms with van der Waals surface area (Å²) in [7, 11) is 0. The molecule has 0 unspecified atom stereocenters. The van der Waals surface area contributed by atoms with Crippen LogP contribution in [0.1, 0.15) is 40.8 Å². The van der Waals surface area contributed by atoms with E-state index >= 15 is 0 Å². The average molecular weight is 576 g/mol. The van der Waals surface area contributed by atoms with Crippen molar-refractivity contribution in [1.82, 2.24) is 19.5 Å². The molecule has 0 aliphatic heterocycles. The number of aromatic nitrogens is 4. The van der Waals surface area contributed by atoms with Crippen molar-refractivity contribution in [3.63, 3.8) is 0 Å². The lowest BCUT2D eigenvalue weighted by Gasteiger charge is -2.18. The Morgan fingerprint density at radius 3 is 2.52 bits per heavy atom. The fourth-order valence-corrected chi connectivity index (χ4v) is 5.15. The van der Waals surface area contributed by atoms with E-state index in [1.807, 2.05) is 63.2 Å². The van der Waals surface area contributed by atoms with E-state index in [0.717, 1.165) is 4.88 Å². The third-order valence-electron chi connectivity index (χ3n) is 6.19. The van der Waals surface area contributed by atoms with Crippen LogP contribution in [0.4, 0.5) is 5.82 Å². The summed E-state index contributed by atoms with van der Waals surface area (Å²) in [5, 5.41) is 11.5. The van der Waals surface area contributed by atoms with Gasteiger partial charge in [-0.15, -0.1) is 11.3 Å². The number of benzene rings is 1. The van der Waals surface area contributed by atoms with Gasteiger partial charge >= 0.3 is 0 Å². The Bertz CT molecular complexity index is 1730. The maximum Gasteiger partial charge on any atom is 0.259 e. The molecule has 40 heavy (non-hydrogen) atoms. The number of nitrogens with one attached hydrogen (secondary N) is 1. The molecule has 0 bridgehead atoms. The van der Waals surface area contributed by atoms with Gasteiger partial charge in [0.1, 0.15) is 12.1 Å². The first-order valence-electron chi connectivity index (χ1n) is 12.5. The van der Waals surface area contributed by atoms with Crippen LogP contribution in [0.5, 0.6) is 0 Å². The molecular weight excluding hydrogens is 550 g/mol. The number of ketones is 1. The summed E-state index contributed by atoms with van der Waals surface area (Å²) in [6.45, 7) is 5.72. The number of hydrogen-bond donors (Lipinski definition) is 1. The predicted octanol–water partition coefficient (Wildman–Crippen LogP) is 6.26. The van der Waals surface area contributed by atoms with Crippen LogP contribution in [0.2, 0.25) is 4.34 Å². The number of Topliss-reactive ketones (excluding diaryl/α,β-unsaturated/α-hetero) is 1. The molecule has 5 rings (SSSR count). The van der Waals surface area contributed by atoms with Gasteiger partial charge in [0.2, 0.25) is 0 Å². The number of hydrogen-bond acceptors (Lipinski definition) is 8. The highest BCUT2D eigenvalue weighted by Crippen LogP contribution is 2.32. The molecule has 0 amide bonds. The molecule has 1 N–H and O–H groups in total. The largest absolute Gasteiger partial charge is 0.365 e. The summed E-state index contributed by atoms with van der Waals surface area (Å²) in [6.07, 6.45) is 4.12. The van der Waals surface area contributed by atoms with Gasteiger partial charge < -0.3 is 14.4 Å². The first kappa shape index (κ1) is 27.3. The Labute approximate surface area is 239 Å². The molecule has 4 heterocycles. The fourth-order valence-electron chi connectivity index (χ4n) is 4.12. The van der Waals surface area contributed by atoms with Crippen LogP contribution in [-0.2, 0) is 13.1 Å². The van der Waals surface area contributed by atoms with Crippen molar-refractivity contribution in [1.29, 1.82) is 0 Å². The molecule has 0 fully saturated rings. The highest BCUT2D eigenvalue weighted by atomic mass is 35.5. The molecule has 5 aromatic rings. The minimum Gasteiger partial charge on any atom is -0.365 e. The molecule has 0 saturated heterocycles. The molecule has 9 nitrogen and oxygen atoms in total. The monoisotopic (exact) mass is 575 g/mol. The van der Waals surface area contributed by atoms with Gasteiger partial charge in [-0.25, -0.2) is 0 Å². The van der Waals surface area contributed by atoms with E-state index in [1.54, 1.807) is 18.3 Å². The molecule has 204 valence electrons. The van der Waals surface area contributed by atoms with Gasteiger partial charge in [0.05, 0.1) is 40.4 Å². The zero-order valence-corrected chi connectivity index (χ0v) is 23.6. The van der Waals surface area contributed by atoms with E-state index < -0.39 is 5.41 Å². The summed E-state index contributed by atoms with van der Waals surface area (Å²) in [5.41, 5.74) is 1.21. The second-order valence-electron chi connectivity index (χ2n) is 10.2. The van der Waals surface area contributed by atoms with Crippen LogP contribution in [0.25, 0.3) is 22.4 Å². The van der Waals surface area contributed by atoms with Gasteiger partial charge in [-0.05, 0) is 23.8 Å². The Balaban J connectivity index is 1.60. The quantitative estimate of drug-likeness (QED) is 0.217. The van der Waals surface area contributed by atoms with E-state index in [9.17, 15) is 14.4 Å². The van der Waals surface area contributed by atoms with Crippen LogP contribution < -0.4 is 10.9 Å². The summed E-state index contributed by atoms with van der Waals surface area (Å²) in [4.78, 5) is 40.9. The van der Waals surface area contributed by atoms with Gasteiger partial charge in [-0.3, -0.25) is 14.4 Å². The topological polar surface area (TPSA) is 112 Å². The van der Waals surface area contributed by atoms with Crippen molar-refractivity contribution in [2.45, 2.75) is 33.9 Å². The molecule has 0 atom stereocenters. The SMILES string of the molecule is CC(C)(C)C(=O)n1nc(-c2ccn(CC(=O)c3cnoc3)c(=O)c2-c2ccccc2)cc1NCc1ccc(Cl)s1. The minimum atomic E-state index is -0.708. The number of pyridine rings is 1. The van der Waals surface area contributed by atoms with E-state index in [2.05, 4.69) is 15.6 Å². The maximum absolute atomic E-state index is 13.8. The minimum absolute atomic E-state index is 0.187. The first-order valence-corrected chi connectivity index (χ1v) is 13.7. The van der Waals surface area contributed by atoms with Crippen LogP contribution in [-0.4, -0.2) is 31.2 Å². The maximum atomic E-state index is 13.8. The van der Waals surface area contributed by atoms with Crippen molar-refractivity contribution < 1.29 is 14.1 Å². The molecule has 0 spiro atoms. The average Bonchev–Trinajstić information content (AvgIpc) is 3.69.